The third-order valence-corrected chi connectivity index (χ3v) is 3.63. The summed E-state index contributed by atoms with van der Waals surface area (Å²) in [6.45, 7) is 0. The van der Waals surface area contributed by atoms with E-state index in [1.807, 2.05) is 35.2 Å². The Hall–Kier alpha value is -2.24. The van der Waals surface area contributed by atoms with Gasteiger partial charge in [0.1, 0.15) is 5.69 Å². The molecular weight excluding hydrogens is 218 g/mol. The predicted octanol–water partition coefficient (Wildman–Crippen LogP) is -0.0259. The van der Waals surface area contributed by atoms with Crippen molar-refractivity contribution in [3.63, 3.8) is 0 Å². The van der Waals surface area contributed by atoms with Crippen molar-refractivity contribution in [3.05, 3.63) is 36.3 Å². The summed E-state index contributed by atoms with van der Waals surface area (Å²) in [5, 5.41) is 3.14. The zero-order valence-corrected chi connectivity index (χ0v) is 9.00. The van der Waals surface area contributed by atoms with Crippen LogP contribution in [0.4, 0.5) is 0 Å². The zero-order valence-electron chi connectivity index (χ0n) is 9.00. The van der Waals surface area contributed by atoms with Crippen molar-refractivity contribution >= 4 is 11.9 Å². The maximum Gasteiger partial charge on any atom is 0.276 e. The number of amides is 1. The van der Waals surface area contributed by atoms with Crippen molar-refractivity contribution in [3.8, 4) is 0 Å². The molecule has 0 unspecified atom stereocenters. The summed E-state index contributed by atoms with van der Waals surface area (Å²) in [5.74, 6) is 0.371. The summed E-state index contributed by atoms with van der Waals surface area (Å²) >= 11 is 0. The van der Waals surface area contributed by atoms with Crippen LogP contribution in [0.25, 0.3) is 0 Å². The Balaban J connectivity index is 1.99. The van der Waals surface area contributed by atoms with Crippen molar-refractivity contribution in [2.45, 2.75) is 18.2 Å². The fourth-order valence-corrected chi connectivity index (χ4v) is 2.92. The number of nitrogens with zero attached hydrogens (tertiary/aromatic N) is 3. The summed E-state index contributed by atoms with van der Waals surface area (Å²) in [5.41, 5.74) is 5.89. The number of carbonyl (C=O) groups is 1. The van der Waals surface area contributed by atoms with E-state index in [4.69, 9.17) is 5.73 Å². The monoisotopic (exact) mass is 229 g/mol. The first-order valence-electron chi connectivity index (χ1n) is 5.51. The lowest BCUT2D eigenvalue weighted by Gasteiger charge is -2.43. The van der Waals surface area contributed by atoms with Gasteiger partial charge >= 0.3 is 0 Å². The molecule has 4 heterocycles. The first kappa shape index (κ1) is 8.86. The molecule has 6 heteroatoms. The van der Waals surface area contributed by atoms with Gasteiger partial charge in [-0.3, -0.25) is 9.69 Å². The second kappa shape index (κ2) is 2.53. The molecule has 2 atom stereocenters. The lowest BCUT2D eigenvalue weighted by atomic mass is 10.0. The highest BCUT2D eigenvalue weighted by atomic mass is 16.2. The Morgan fingerprint density at radius 3 is 3.35 bits per heavy atom. The highest BCUT2D eigenvalue weighted by molar-refractivity contribution is 5.96. The molecule has 0 saturated carbocycles. The van der Waals surface area contributed by atoms with E-state index >= 15 is 0 Å². The minimum absolute atomic E-state index is 0.0163. The summed E-state index contributed by atoms with van der Waals surface area (Å²) < 4.78 is 1.89. The molecule has 0 aromatic carbocycles. The van der Waals surface area contributed by atoms with Gasteiger partial charge in [-0.05, 0) is 12.1 Å². The molecule has 1 amide bonds. The molecule has 1 aromatic heterocycles. The summed E-state index contributed by atoms with van der Waals surface area (Å²) in [4.78, 5) is 18.4. The first-order valence-corrected chi connectivity index (χ1v) is 5.51. The van der Waals surface area contributed by atoms with Crippen LogP contribution in [0.5, 0.6) is 0 Å². The summed E-state index contributed by atoms with van der Waals surface area (Å²) in [6.07, 6.45) is 6.19. The van der Waals surface area contributed by atoms with Crippen LogP contribution < -0.4 is 11.1 Å². The van der Waals surface area contributed by atoms with Gasteiger partial charge in [-0.2, -0.15) is 0 Å². The number of fused-ring (bicyclic) bond motifs is 2. The summed E-state index contributed by atoms with van der Waals surface area (Å²) in [6, 6.07) is 3.67. The van der Waals surface area contributed by atoms with Crippen LogP contribution in [0.15, 0.2) is 35.6 Å². The average molecular weight is 229 g/mol. The molecule has 6 nitrogen and oxygen atoms in total. The van der Waals surface area contributed by atoms with E-state index in [9.17, 15) is 4.79 Å². The zero-order chi connectivity index (χ0) is 11.6. The Labute approximate surface area is 97.4 Å². The van der Waals surface area contributed by atoms with E-state index in [1.165, 1.54) is 0 Å². The van der Waals surface area contributed by atoms with Crippen LogP contribution in [-0.4, -0.2) is 27.0 Å². The van der Waals surface area contributed by atoms with Gasteiger partial charge in [0.25, 0.3) is 5.91 Å². The molecule has 1 spiro atoms. The quantitative estimate of drug-likeness (QED) is 0.656. The van der Waals surface area contributed by atoms with E-state index < -0.39 is 5.66 Å². The van der Waals surface area contributed by atoms with Crippen LogP contribution in [-0.2, 0) is 0 Å². The van der Waals surface area contributed by atoms with Gasteiger partial charge in [0.15, 0.2) is 17.8 Å². The van der Waals surface area contributed by atoms with Crippen LogP contribution in [0.1, 0.15) is 23.1 Å². The number of aliphatic imine (C=N–C) groups is 1. The third-order valence-electron chi connectivity index (χ3n) is 3.63. The average Bonchev–Trinajstić information content (AvgIpc) is 2.96. The fourth-order valence-electron chi connectivity index (χ4n) is 2.92. The molecule has 0 aliphatic carbocycles. The number of nitrogens with two attached hydrogens (primary N) is 1. The lowest BCUT2D eigenvalue weighted by Crippen LogP contribution is -2.62. The third kappa shape index (κ3) is 0.834. The van der Waals surface area contributed by atoms with Gasteiger partial charge < -0.3 is 15.6 Å². The predicted molar refractivity (Wildman–Crippen MR) is 60.9 cm³/mol. The maximum atomic E-state index is 12.3. The molecule has 0 saturated heterocycles. The van der Waals surface area contributed by atoms with Crippen molar-refractivity contribution in [2.24, 2.45) is 10.7 Å². The minimum Gasteiger partial charge on any atom is -0.370 e. The van der Waals surface area contributed by atoms with Crippen LogP contribution >= 0.6 is 0 Å². The second-order valence-electron chi connectivity index (χ2n) is 4.50. The molecule has 0 bridgehead atoms. The van der Waals surface area contributed by atoms with Gasteiger partial charge in [0, 0.05) is 18.8 Å². The molecule has 1 aromatic rings. The van der Waals surface area contributed by atoms with Crippen LogP contribution in [0, 0.1) is 0 Å². The number of hydrogen-bond donors (Lipinski definition) is 2. The lowest BCUT2D eigenvalue weighted by molar-refractivity contribution is 0.0416. The second-order valence-corrected chi connectivity index (χ2v) is 4.50. The Morgan fingerprint density at radius 2 is 2.47 bits per heavy atom. The van der Waals surface area contributed by atoms with E-state index in [2.05, 4.69) is 10.3 Å². The molecule has 17 heavy (non-hydrogen) atoms. The van der Waals surface area contributed by atoms with E-state index in [-0.39, 0.29) is 12.1 Å². The molecule has 3 N–H and O–H groups in total. The number of nitrogens with one attached hydrogen (secondary N) is 1. The molecule has 4 rings (SSSR count). The van der Waals surface area contributed by atoms with Gasteiger partial charge in [-0.1, -0.05) is 6.08 Å². The Bertz CT molecular complexity index is 586. The fraction of sp³-hybridized carbons (Fsp3) is 0.273. The van der Waals surface area contributed by atoms with Crippen molar-refractivity contribution in [1.29, 1.82) is 0 Å². The summed E-state index contributed by atoms with van der Waals surface area (Å²) in [7, 11) is 0. The van der Waals surface area contributed by atoms with Crippen molar-refractivity contribution in [1.82, 2.24) is 14.8 Å². The number of rotatable bonds is 0. The number of aromatic nitrogens is 1. The highest BCUT2D eigenvalue weighted by Gasteiger charge is 2.56. The highest BCUT2D eigenvalue weighted by Crippen LogP contribution is 2.43. The first-order chi connectivity index (χ1) is 8.22. The SMILES string of the molecule is NC1=N[C@H]2n3cccc3C(=O)N3C=CC[C@]23N1. The van der Waals surface area contributed by atoms with Crippen LogP contribution in [0.3, 0.4) is 0 Å². The largest absolute Gasteiger partial charge is 0.370 e. The van der Waals surface area contributed by atoms with Crippen LogP contribution in [0.2, 0.25) is 0 Å². The Morgan fingerprint density at radius 1 is 1.59 bits per heavy atom. The van der Waals surface area contributed by atoms with E-state index in [0.29, 0.717) is 18.1 Å². The maximum absolute atomic E-state index is 12.3. The molecule has 0 radical (unpaired) electrons. The Kier molecular flexibility index (Phi) is 1.32. The van der Waals surface area contributed by atoms with Gasteiger partial charge in [0.2, 0.25) is 0 Å². The van der Waals surface area contributed by atoms with Crippen molar-refractivity contribution in [2.75, 3.05) is 0 Å². The number of hydrogen-bond acceptors (Lipinski definition) is 4. The standard InChI is InChI=1S/C11H11N5O/c12-10-13-9-11(14-10)4-2-6-16(11)8(17)7-3-1-5-15(7)9/h1-3,5-6,9H,4H2,(H3,12,13,14)/t9-,11+/m0/s1. The van der Waals surface area contributed by atoms with Gasteiger partial charge in [-0.15, -0.1) is 0 Å². The number of carbonyl (C=O) groups excluding carboxylic acids is 1. The van der Waals surface area contributed by atoms with E-state index in [0.717, 1.165) is 0 Å². The minimum atomic E-state index is -0.535. The molecular formula is C11H11N5O. The van der Waals surface area contributed by atoms with Gasteiger partial charge in [0.05, 0.1) is 0 Å². The molecule has 3 aliphatic rings. The topological polar surface area (TPSA) is 75.6 Å². The van der Waals surface area contributed by atoms with E-state index in [1.54, 1.807) is 4.90 Å². The number of guanidine groups is 1. The van der Waals surface area contributed by atoms with Crippen molar-refractivity contribution < 1.29 is 4.79 Å². The van der Waals surface area contributed by atoms with Gasteiger partial charge in [-0.25, -0.2) is 4.99 Å². The molecule has 86 valence electrons. The molecule has 0 fully saturated rings. The molecule has 3 aliphatic heterocycles. The normalized spacial score (nSPS) is 32.9. The smallest absolute Gasteiger partial charge is 0.276 e.